The summed E-state index contributed by atoms with van der Waals surface area (Å²) in [5.41, 5.74) is 1.62. The topological polar surface area (TPSA) is 71.8 Å². The first-order chi connectivity index (χ1) is 10.2. The summed E-state index contributed by atoms with van der Waals surface area (Å²) in [5.74, 6) is -0.121. The lowest BCUT2D eigenvalue weighted by Gasteiger charge is -2.04. The predicted molar refractivity (Wildman–Crippen MR) is 82.7 cm³/mol. The smallest absolute Gasteiger partial charge is 0.246 e. The van der Waals surface area contributed by atoms with Crippen molar-refractivity contribution in [3.8, 4) is 0 Å². The van der Waals surface area contributed by atoms with Crippen molar-refractivity contribution < 1.29 is 4.79 Å². The molecule has 21 heavy (non-hydrogen) atoms. The third-order valence-electron chi connectivity index (χ3n) is 3.17. The van der Waals surface area contributed by atoms with Crippen LogP contribution in [0, 0.1) is 0 Å². The van der Waals surface area contributed by atoms with Gasteiger partial charge in [-0.2, -0.15) is 0 Å². The van der Waals surface area contributed by atoms with Crippen LogP contribution in [0.3, 0.4) is 0 Å². The van der Waals surface area contributed by atoms with Crippen LogP contribution in [-0.2, 0) is 17.9 Å². The molecule has 1 aliphatic rings. The molecule has 6 nitrogen and oxygen atoms in total. The summed E-state index contributed by atoms with van der Waals surface area (Å²) >= 11 is 3.36. The van der Waals surface area contributed by atoms with Crippen LogP contribution in [0.15, 0.2) is 34.9 Å². The fraction of sp³-hybridized carbons (Fsp3) is 0.357. The Bertz CT molecular complexity index is 621. The number of aromatic nitrogens is 3. The van der Waals surface area contributed by atoms with Crippen molar-refractivity contribution in [1.29, 1.82) is 0 Å². The number of halogens is 1. The average molecular weight is 350 g/mol. The molecule has 110 valence electrons. The van der Waals surface area contributed by atoms with Gasteiger partial charge in [0.05, 0.1) is 11.9 Å². The van der Waals surface area contributed by atoms with Gasteiger partial charge in [-0.15, -0.1) is 5.10 Å². The van der Waals surface area contributed by atoms with Crippen LogP contribution < -0.4 is 10.6 Å². The molecule has 0 radical (unpaired) electrons. The molecule has 3 rings (SSSR count). The van der Waals surface area contributed by atoms with Crippen molar-refractivity contribution in [2.75, 3.05) is 5.32 Å². The lowest BCUT2D eigenvalue weighted by Crippen LogP contribution is -2.19. The number of anilines is 1. The van der Waals surface area contributed by atoms with Gasteiger partial charge in [0.2, 0.25) is 5.91 Å². The van der Waals surface area contributed by atoms with Gasteiger partial charge in [-0.25, -0.2) is 4.68 Å². The molecule has 2 aromatic rings. The van der Waals surface area contributed by atoms with Gasteiger partial charge < -0.3 is 10.6 Å². The molecule has 0 bridgehead atoms. The maximum Gasteiger partial charge on any atom is 0.246 e. The molecule has 0 spiro atoms. The van der Waals surface area contributed by atoms with E-state index in [1.807, 2.05) is 24.3 Å². The summed E-state index contributed by atoms with van der Waals surface area (Å²) in [4.78, 5) is 11.9. The van der Waals surface area contributed by atoms with Crippen molar-refractivity contribution in [2.45, 2.75) is 32.0 Å². The van der Waals surface area contributed by atoms with Crippen molar-refractivity contribution in [3.05, 3.63) is 40.6 Å². The second kappa shape index (κ2) is 6.36. The van der Waals surface area contributed by atoms with Crippen LogP contribution in [0.5, 0.6) is 0 Å². The molecule has 1 aromatic heterocycles. The van der Waals surface area contributed by atoms with E-state index in [1.54, 1.807) is 10.9 Å². The van der Waals surface area contributed by atoms with E-state index in [9.17, 15) is 4.79 Å². The van der Waals surface area contributed by atoms with Crippen molar-refractivity contribution in [2.24, 2.45) is 0 Å². The third kappa shape index (κ3) is 4.37. The Morgan fingerprint density at radius 1 is 1.33 bits per heavy atom. The number of amides is 1. The summed E-state index contributed by atoms with van der Waals surface area (Å²) in [6.07, 6.45) is 4.28. The second-order valence-electron chi connectivity index (χ2n) is 5.12. The Balaban J connectivity index is 1.50. The molecule has 0 aliphatic heterocycles. The zero-order chi connectivity index (χ0) is 14.7. The van der Waals surface area contributed by atoms with Crippen molar-refractivity contribution in [3.63, 3.8) is 0 Å². The third-order valence-corrected chi connectivity index (χ3v) is 3.70. The minimum Gasteiger partial charge on any atom is -0.324 e. The maximum atomic E-state index is 11.9. The Morgan fingerprint density at radius 3 is 2.81 bits per heavy atom. The predicted octanol–water partition coefficient (Wildman–Crippen LogP) is 1.93. The largest absolute Gasteiger partial charge is 0.324 e. The molecule has 0 atom stereocenters. The normalized spacial score (nSPS) is 14.1. The Hall–Kier alpha value is -1.73. The van der Waals surface area contributed by atoms with Crippen LogP contribution in [0.4, 0.5) is 5.69 Å². The minimum atomic E-state index is -0.121. The molecule has 1 aromatic carbocycles. The van der Waals surface area contributed by atoms with Gasteiger partial charge in [0.1, 0.15) is 6.54 Å². The molecular formula is C14H16BrN5O. The molecule has 1 saturated carbocycles. The Morgan fingerprint density at radius 2 is 2.10 bits per heavy atom. The first-order valence-electron chi connectivity index (χ1n) is 6.87. The van der Waals surface area contributed by atoms with Crippen LogP contribution in [-0.4, -0.2) is 26.9 Å². The number of hydrogen-bond donors (Lipinski definition) is 2. The van der Waals surface area contributed by atoms with E-state index in [2.05, 4.69) is 36.9 Å². The van der Waals surface area contributed by atoms with E-state index in [0.717, 1.165) is 15.9 Å². The number of rotatable bonds is 6. The first kappa shape index (κ1) is 14.2. The highest BCUT2D eigenvalue weighted by molar-refractivity contribution is 9.10. The molecule has 2 N–H and O–H groups in total. The summed E-state index contributed by atoms with van der Waals surface area (Å²) in [5, 5.41) is 14.2. The summed E-state index contributed by atoms with van der Waals surface area (Å²) < 4.78 is 2.53. The molecule has 1 fully saturated rings. The molecule has 0 unspecified atom stereocenters. The lowest BCUT2D eigenvalue weighted by molar-refractivity contribution is -0.116. The lowest BCUT2D eigenvalue weighted by atomic mass is 10.3. The molecule has 0 saturated heterocycles. The summed E-state index contributed by atoms with van der Waals surface area (Å²) in [6, 6.07) is 8.08. The van der Waals surface area contributed by atoms with Crippen LogP contribution >= 0.6 is 15.9 Å². The molecular weight excluding hydrogens is 334 g/mol. The monoisotopic (exact) mass is 349 g/mol. The van der Waals surface area contributed by atoms with E-state index in [-0.39, 0.29) is 12.5 Å². The fourth-order valence-corrected chi connectivity index (χ4v) is 2.18. The Labute approximate surface area is 131 Å². The molecule has 1 aliphatic carbocycles. The van der Waals surface area contributed by atoms with Gasteiger partial charge in [-0.05, 0) is 37.1 Å². The molecule has 1 heterocycles. The SMILES string of the molecule is O=C(Cn1cc(CNC2CC2)nn1)Nc1ccc(Br)cc1. The van der Waals surface area contributed by atoms with Gasteiger partial charge in [-0.3, -0.25) is 4.79 Å². The summed E-state index contributed by atoms with van der Waals surface area (Å²) in [7, 11) is 0. The zero-order valence-corrected chi connectivity index (χ0v) is 13.0. The number of carbonyl (C=O) groups excluding carboxylic acids is 1. The highest BCUT2D eigenvalue weighted by atomic mass is 79.9. The highest BCUT2D eigenvalue weighted by Gasteiger charge is 2.20. The number of carbonyl (C=O) groups is 1. The summed E-state index contributed by atoms with van der Waals surface area (Å²) in [6.45, 7) is 0.867. The van der Waals surface area contributed by atoms with E-state index >= 15 is 0 Å². The molecule has 7 heteroatoms. The minimum absolute atomic E-state index is 0.121. The quantitative estimate of drug-likeness (QED) is 0.835. The van der Waals surface area contributed by atoms with E-state index in [1.165, 1.54) is 12.8 Å². The van der Waals surface area contributed by atoms with Crippen molar-refractivity contribution >= 4 is 27.5 Å². The number of benzene rings is 1. The van der Waals surface area contributed by atoms with E-state index in [4.69, 9.17) is 0 Å². The van der Waals surface area contributed by atoms with Gasteiger partial charge in [-0.1, -0.05) is 21.1 Å². The number of nitrogens with one attached hydrogen (secondary N) is 2. The van der Waals surface area contributed by atoms with Gasteiger partial charge in [0.15, 0.2) is 0 Å². The van der Waals surface area contributed by atoms with Crippen LogP contribution in [0.1, 0.15) is 18.5 Å². The molecule has 1 amide bonds. The number of hydrogen-bond acceptors (Lipinski definition) is 4. The van der Waals surface area contributed by atoms with E-state index in [0.29, 0.717) is 12.6 Å². The zero-order valence-electron chi connectivity index (χ0n) is 11.4. The highest BCUT2D eigenvalue weighted by Crippen LogP contribution is 2.18. The Kier molecular flexibility index (Phi) is 4.31. The standard InChI is InChI=1S/C14H16BrN5O/c15-10-1-3-12(4-2-10)17-14(21)9-20-8-13(18-19-20)7-16-11-5-6-11/h1-4,8,11,16H,5-7,9H2,(H,17,21). The van der Waals surface area contributed by atoms with Gasteiger partial charge in [0.25, 0.3) is 0 Å². The van der Waals surface area contributed by atoms with Gasteiger partial charge in [0, 0.05) is 22.7 Å². The van der Waals surface area contributed by atoms with Crippen molar-refractivity contribution in [1.82, 2.24) is 20.3 Å². The maximum absolute atomic E-state index is 11.9. The van der Waals surface area contributed by atoms with E-state index < -0.39 is 0 Å². The van der Waals surface area contributed by atoms with Crippen LogP contribution in [0.2, 0.25) is 0 Å². The first-order valence-corrected chi connectivity index (χ1v) is 7.66. The fourth-order valence-electron chi connectivity index (χ4n) is 1.91. The van der Waals surface area contributed by atoms with Gasteiger partial charge >= 0.3 is 0 Å². The van der Waals surface area contributed by atoms with Crippen LogP contribution in [0.25, 0.3) is 0 Å². The number of nitrogens with zero attached hydrogens (tertiary/aromatic N) is 3. The average Bonchev–Trinajstić information content (AvgIpc) is 3.19. The second-order valence-corrected chi connectivity index (χ2v) is 6.03.